The Hall–Kier alpha value is -2.62. The van der Waals surface area contributed by atoms with Gasteiger partial charge in [0.25, 0.3) is 0 Å². The molecule has 1 amide bonds. The Morgan fingerprint density at radius 1 is 1.00 bits per heavy atom. The average molecular weight is 472 g/mol. The van der Waals surface area contributed by atoms with Crippen LogP contribution in [-0.4, -0.2) is 69.5 Å². The molecule has 1 fully saturated rings. The van der Waals surface area contributed by atoms with Gasteiger partial charge in [-0.15, -0.1) is 0 Å². The second-order valence-electron chi connectivity index (χ2n) is 8.70. The number of benzene rings is 2. The highest BCUT2D eigenvalue weighted by Crippen LogP contribution is 2.33. The number of piperazine rings is 1. The van der Waals surface area contributed by atoms with Gasteiger partial charge in [-0.25, -0.2) is 8.42 Å². The molecule has 0 radical (unpaired) electrons. The van der Waals surface area contributed by atoms with Crippen molar-refractivity contribution in [2.75, 3.05) is 45.9 Å². The molecule has 5 rings (SSSR count). The van der Waals surface area contributed by atoms with E-state index in [1.165, 1.54) is 21.5 Å². The number of rotatable bonds is 5. The summed E-state index contributed by atoms with van der Waals surface area (Å²) in [6.45, 7) is 2.85. The van der Waals surface area contributed by atoms with E-state index in [1.807, 2.05) is 17.0 Å². The number of nitrogens with one attached hydrogen (secondary N) is 1. The molecular formula is C24H29N3O5S. The fraction of sp³-hybridized carbons (Fsp3) is 0.458. The minimum Gasteiger partial charge on any atom is -0.486 e. The number of carbonyl (C=O) groups is 1. The summed E-state index contributed by atoms with van der Waals surface area (Å²) in [7, 11) is -3.63. The molecule has 0 spiro atoms. The molecule has 1 unspecified atom stereocenters. The van der Waals surface area contributed by atoms with Crippen LogP contribution in [0.15, 0.2) is 47.4 Å². The Morgan fingerprint density at radius 2 is 1.76 bits per heavy atom. The number of nitrogens with zero attached hydrogens (tertiary/aromatic N) is 2. The van der Waals surface area contributed by atoms with Gasteiger partial charge in [0, 0.05) is 32.2 Å². The Kier molecular flexibility index (Phi) is 6.27. The molecule has 8 nitrogen and oxygen atoms in total. The number of fused-ring (bicyclic) bond motifs is 2. The maximum Gasteiger partial charge on any atom is 0.243 e. The predicted octanol–water partition coefficient (Wildman–Crippen LogP) is 1.96. The molecule has 0 saturated carbocycles. The van der Waals surface area contributed by atoms with Crippen LogP contribution in [0.2, 0.25) is 0 Å². The molecule has 1 atom stereocenters. The van der Waals surface area contributed by atoms with E-state index in [0.717, 1.165) is 19.3 Å². The molecular weight excluding hydrogens is 442 g/mol. The number of ether oxygens (including phenoxy) is 2. The van der Waals surface area contributed by atoms with Crippen LogP contribution in [0, 0.1) is 0 Å². The lowest BCUT2D eigenvalue weighted by molar-refractivity contribution is -0.123. The van der Waals surface area contributed by atoms with E-state index >= 15 is 0 Å². The molecule has 176 valence electrons. The van der Waals surface area contributed by atoms with Crippen LogP contribution < -0.4 is 14.8 Å². The summed E-state index contributed by atoms with van der Waals surface area (Å²) in [6.07, 6.45) is 3.07. The first kappa shape index (κ1) is 22.2. The molecule has 3 aliphatic rings. The largest absolute Gasteiger partial charge is 0.486 e. The summed E-state index contributed by atoms with van der Waals surface area (Å²) in [6, 6.07) is 13.1. The highest BCUT2D eigenvalue weighted by atomic mass is 32.2. The van der Waals surface area contributed by atoms with Gasteiger partial charge in [-0.2, -0.15) is 4.31 Å². The Bertz CT molecular complexity index is 1130. The van der Waals surface area contributed by atoms with Crippen molar-refractivity contribution in [1.82, 2.24) is 14.5 Å². The van der Waals surface area contributed by atoms with Crippen molar-refractivity contribution in [1.29, 1.82) is 0 Å². The normalized spacial score (nSPS) is 21.3. The Morgan fingerprint density at radius 3 is 2.58 bits per heavy atom. The van der Waals surface area contributed by atoms with Gasteiger partial charge >= 0.3 is 0 Å². The minimum absolute atomic E-state index is 0.0140. The van der Waals surface area contributed by atoms with Crippen LogP contribution in [-0.2, 0) is 21.2 Å². The lowest BCUT2D eigenvalue weighted by Gasteiger charge is -2.34. The molecule has 2 aromatic carbocycles. The first-order valence-corrected chi connectivity index (χ1v) is 12.9. The maximum atomic E-state index is 13.1. The third kappa shape index (κ3) is 4.71. The van der Waals surface area contributed by atoms with Crippen LogP contribution in [0.1, 0.15) is 30.0 Å². The lowest BCUT2D eigenvalue weighted by atomic mass is 9.88. The zero-order valence-electron chi connectivity index (χ0n) is 18.5. The third-order valence-corrected chi connectivity index (χ3v) is 8.45. The number of carbonyl (C=O) groups excluding carboxylic acids is 1. The van der Waals surface area contributed by atoms with Crippen molar-refractivity contribution >= 4 is 15.9 Å². The number of amides is 1. The smallest absolute Gasteiger partial charge is 0.243 e. The molecule has 0 bridgehead atoms. The summed E-state index contributed by atoms with van der Waals surface area (Å²) in [5.74, 6) is 1.01. The van der Waals surface area contributed by atoms with Crippen molar-refractivity contribution in [3.8, 4) is 11.5 Å². The summed E-state index contributed by atoms with van der Waals surface area (Å²) in [4.78, 5) is 14.9. The van der Waals surface area contributed by atoms with Crippen LogP contribution in [0.3, 0.4) is 0 Å². The fourth-order valence-electron chi connectivity index (χ4n) is 4.81. The summed E-state index contributed by atoms with van der Waals surface area (Å²) in [5, 5.41) is 3.18. The Balaban J connectivity index is 1.16. The molecule has 2 aliphatic heterocycles. The van der Waals surface area contributed by atoms with Crippen LogP contribution in [0.25, 0.3) is 0 Å². The highest BCUT2D eigenvalue weighted by molar-refractivity contribution is 7.89. The molecule has 9 heteroatoms. The number of sulfonamides is 1. The molecule has 1 aliphatic carbocycles. The van der Waals surface area contributed by atoms with E-state index in [0.29, 0.717) is 50.9 Å². The third-order valence-electron chi connectivity index (χ3n) is 6.55. The van der Waals surface area contributed by atoms with Crippen molar-refractivity contribution in [3.05, 3.63) is 53.6 Å². The standard InChI is InChI=1S/C24H29N3O5S/c28-24(25-21-7-3-5-18-4-1-2-6-20(18)21)17-26-10-12-27(13-11-26)33(29,30)19-8-9-22-23(16-19)32-15-14-31-22/h1-2,4,6,8-9,16,21H,3,5,7,10-15,17H2,(H,25,28). The molecule has 2 heterocycles. The van der Waals surface area contributed by atoms with Gasteiger partial charge in [-0.1, -0.05) is 24.3 Å². The van der Waals surface area contributed by atoms with Gasteiger partial charge in [-0.3, -0.25) is 9.69 Å². The topological polar surface area (TPSA) is 88.2 Å². The molecule has 2 aromatic rings. The van der Waals surface area contributed by atoms with Crippen molar-refractivity contribution in [3.63, 3.8) is 0 Å². The van der Waals surface area contributed by atoms with E-state index in [4.69, 9.17) is 9.47 Å². The Labute approximate surface area is 194 Å². The fourth-order valence-corrected chi connectivity index (χ4v) is 6.25. The van der Waals surface area contributed by atoms with Gasteiger partial charge in [0.15, 0.2) is 11.5 Å². The van der Waals surface area contributed by atoms with Crippen LogP contribution >= 0.6 is 0 Å². The monoisotopic (exact) mass is 471 g/mol. The lowest BCUT2D eigenvalue weighted by Crippen LogP contribution is -2.51. The zero-order valence-corrected chi connectivity index (χ0v) is 19.4. The van der Waals surface area contributed by atoms with Gasteiger partial charge in [0.2, 0.25) is 15.9 Å². The quantitative estimate of drug-likeness (QED) is 0.717. The van der Waals surface area contributed by atoms with Crippen molar-refractivity contribution in [2.45, 2.75) is 30.2 Å². The molecule has 33 heavy (non-hydrogen) atoms. The average Bonchev–Trinajstić information content (AvgIpc) is 2.84. The number of hydrogen-bond acceptors (Lipinski definition) is 6. The zero-order chi connectivity index (χ0) is 22.8. The summed E-state index contributed by atoms with van der Waals surface area (Å²) < 4.78 is 38.7. The van der Waals surface area contributed by atoms with E-state index in [-0.39, 0.29) is 23.4 Å². The van der Waals surface area contributed by atoms with E-state index < -0.39 is 10.0 Å². The van der Waals surface area contributed by atoms with Crippen molar-refractivity contribution < 1.29 is 22.7 Å². The molecule has 0 aromatic heterocycles. The second kappa shape index (κ2) is 9.32. The SMILES string of the molecule is O=C(CN1CCN(S(=O)(=O)c2ccc3c(c2)OCCO3)CC1)NC1CCCc2ccccc21. The van der Waals surface area contributed by atoms with E-state index in [9.17, 15) is 13.2 Å². The number of hydrogen-bond donors (Lipinski definition) is 1. The van der Waals surface area contributed by atoms with Gasteiger partial charge in [0.05, 0.1) is 17.5 Å². The first-order chi connectivity index (χ1) is 16.0. The van der Waals surface area contributed by atoms with Gasteiger partial charge in [0.1, 0.15) is 13.2 Å². The highest BCUT2D eigenvalue weighted by Gasteiger charge is 2.31. The molecule has 1 N–H and O–H groups in total. The maximum absolute atomic E-state index is 13.1. The van der Waals surface area contributed by atoms with Gasteiger partial charge < -0.3 is 14.8 Å². The summed E-state index contributed by atoms with van der Waals surface area (Å²) in [5.41, 5.74) is 2.53. The number of aryl methyl sites for hydroxylation is 1. The molecule has 1 saturated heterocycles. The van der Waals surface area contributed by atoms with Gasteiger partial charge in [-0.05, 0) is 42.5 Å². The van der Waals surface area contributed by atoms with E-state index in [1.54, 1.807) is 12.1 Å². The van der Waals surface area contributed by atoms with Crippen LogP contribution in [0.5, 0.6) is 11.5 Å². The summed E-state index contributed by atoms with van der Waals surface area (Å²) >= 11 is 0. The van der Waals surface area contributed by atoms with Crippen LogP contribution in [0.4, 0.5) is 0 Å². The minimum atomic E-state index is -3.63. The predicted molar refractivity (Wildman–Crippen MR) is 123 cm³/mol. The van der Waals surface area contributed by atoms with E-state index in [2.05, 4.69) is 17.4 Å². The first-order valence-electron chi connectivity index (χ1n) is 11.5. The second-order valence-corrected chi connectivity index (χ2v) is 10.6. The van der Waals surface area contributed by atoms with Crippen molar-refractivity contribution in [2.24, 2.45) is 0 Å².